The summed E-state index contributed by atoms with van der Waals surface area (Å²) < 4.78 is 0. The first-order chi connectivity index (χ1) is 5.18. The molecule has 0 bridgehead atoms. The second-order valence-corrected chi connectivity index (χ2v) is 3.84. The molecular formula is C9H16ClN. The molecule has 1 aliphatic carbocycles. The van der Waals surface area contributed by atoms with Crippen LogP contribution < -0.4 is 5.32 Å². The third-order valence-electron chi connectivity index (χ3n) is 2.10. The molecule has 0 atom stereocenters. The summed E-state index contributed by atoms with van der Waals surface area (Å²) in [6, 6.07) is 0. The van der Waals surface area contributed by atoms with E-state index in [2.05, 4.69) is 25.2 Å². The van der Waals surface area contributed by atoms with Gasteiger partial charge in [0.05, 0.1) is 0 Å². The normalized spacial score (nSPS) is 19.5. The number of halogens is 1. The van der Waals surface area contributed by atoms with Crippen LogP contribution in [-0.4, -0.2) is 18.0 Å². The Labute approximate surface area is 73.8 Å². The number of allylic oxidation sites excluding steroid dienone is 1. The van der Waals surface area contributed by atoms with Crippen molar-refractivity contribution < 1.29 is 0 Å². The first-order valence-electron chi connectivity index (χ1n) is 4.13. The average molecular weight is 174 g/mol. The standard InChI is InChI=1S/C9H16ClN/c1-8(2)3-6-11-9(7-10)4-5-9/h3,11H,4-7H2,1-2H3. The average Bonchev–Trinajstić information content (AvgIpc) is 2.69. The number of hydrogen-bond donors (Lipinski definition) is 1. The zero-order chi connectivity index (χ0) is 8.32. The Kier molecular flexibility index (Phi) is 2.97. The largest absolute Gasteiger partial charge is 0.307 e. The summed E-state index contributed by atoms with van der Waals surface area (Å²) in [5.74, 6) is 0.754. The van der Waals surface area contributed by atoms with Gasteiger partial charge in [0.15, 0.2) is 0 Å². The molecule has 1 N–H and O–H groups in total. The Bertz CT molecular complexity index is 155. The molecule has 0 amide bonds. The van der Waals surface area contributed by atoms with Crippen molar-refractivity contribution in [2.75, 3.05) is 12.4 Å². The van der Waals surface area contributed by atoms with E-state index in [0.29, 0.717) is 5.54 Å². The molecule has 1 fully saturated rings. The van der Waals surface area contributed by atoms with Crippen molar-refractivity contribution in [3.05, 3.63) is 11.6 Å². The molecule has 1 rings (SSSR count). The van der Waals surface area contributed by atoms with Gasteiger partial charge < -0.3 is 5.32 Å². The van der Waals surface area contributed by atoms with Gasteiger partial charge in [0.1, 0.15) is 0 Å². The number of rotatable bonds is 4. The lowest BCUT2D eigenvalue weighted by molar-refractivity contribution is 0.581. The Morgan fingerprint density at radius 3 is 2.55 bits per heavy atom. The first kappa shape index (κ1) is 9.08. The quantitative estimate of drug-likeness (QED) is 0.508. The molecule has 0 heterocycles. The van der Waals surface area contributed by atoms with Crippen LogP contribution in [0, 0.1) is 0 Å². The van der Waals surface area contributed by atoms with Crippen molar-refractivity contribution in [3.63, 3.8) is 0 Å². The van der Waals surface area contributed by atoms with Crippen LogP contribution in [0.4, 0.5) is 0 Å². The summed E-state index contributed by atoms with van der Waals surface area (Å²) in [7, 11) is 0. The molecule has 0 aromatic carbocycles. The van der Waals surface area contributed by atoms with Crippen LogP contribution in [0.25, 0.3) is 0 Å². The molecule has 1 saturated carbocycles. The van der Waals surface area contributed by atoms with Crippen LogP contribution in [0.5, 0.6) is 0 Å². The molecule has 1 nitrogen and oxygen atoms in total. The van der Waals surface area contributed by atoms with Gasteiger partial charge in [0, 0.05) is 18.0 Å². The minimum atomic E-state index is 0.299. The van der Waals surface area contributed by atoms with Gasteiger partial charge in [0.2, 0.25) is 0 Å². The van der Waals surface area contributed by atoms with Crippen molar-refractivity contribution in [3.8, 4) is 0 Å². The Morgan fingerprint density at radius 1 is 1.55 bits per heavy atom. The maximum Gasteiger partial charge on any atom is 0.0406 e. The summed E-state index contributed by atoms with van der Waals surface area (Å²) in [6.45, 7) is 5.19. The number of hydrogen-bond acceptors (Lipinski definition) is 1. The van der Waals surface area contributed by atoms with Crippen LogP contribution in [0.3, 0.4) is 0 Å². The van der Waals surface area contributed by atoms with Gasteiger partial charge in [-0.1, -0.05) is 11.6 Å². The summed E-state index contributed by atoms with van der Waals surface area (Å²) in [6.07, 6.45) is 4.69. The highest BCUT2D eigenvalue weighted by molar-refractivity contribution is 6.18. The third-order valence-corrected chi connectivity index (χ3v) is 2.61. The molecule has 1 aliphatic rings. The summed E-state index contributed by atoms with van der Waals surface area (Å²) >= 11 is 5.79. The van der Waals surface area contributed by atoms with E-state index in [1.165, 1.54) is 18.4 Å². The minimum absolute atomic E-state index is 0.299. The first-order valence-corrected chi connectivity index (χ1v) is 4.66. The van der Waals surface area contributed by atoms with E-state index in [9.17, 15) is 0 Å². The monoisotopic (exact) mass is 173 g/mol. The lowest BCUT2D eigenvalue weighted by Crippen LogP contribution is -2.32. The highest BCUT2D eigenvalue weighted by atomic mass is 35.5. The van der Waals surface area contributed by atoms with Crippen molar-refractivity contribution in [1.82, 2.24) is 5.32 Å². The molecule has 11 heavy (non-hydrogen) atoms. The fraction of sp³-hybridized carbons (Fsp3) is 0.778. The van der Waals surface area contributed by atoms with E-state index < -0.39 is 0 Å². The zero-order valence-corrected chi connectivity index (χ0v) is 8.04. The molecule has 0 aromatic heterocycles. The SMILES string of the molecule is CC(C)=CCNC1(CCl)CC1. The van der Waals surface area contributed by atoms with Gasteiger partial charge in [-0.05, 0) is 26.7 Å². The topological polar surface area (TPSA) is 12.0 Å². The van der Waals surface area contributed by atoms with Crippen molar-refractivity contribution in [2.24, 2.45) is 0 Å². The molecule has 0 aromatic rings. The Morgan fingerprint density at radius 2 is 2.18 bits per heavy atom. The Balaban J connectivity index is 2.17. The van der Waals surface area contributed by atoms with E-state index in [0.717, 1.165) is 12.4 Å². The van der Waals surface area contributed by atoms with Crippen LogP contribution in [0.2, 0.25) is 0 Å². The molecule has 2 heteroatoms. The maximum absolute atomic E-state index is 5.79. The maximum atomic E-state index is 5.79. The summed E-state index contributed by atoms with van der Waals surface area (Å²) in [4.78, 5) is 0. The van der Waals surface area contributed by atoms with E-state index in [1.54, 1.807) is 0 Å². The highest BCUT2D eigenvalue weighted by Gasteiger charge is 2.40. The molecule has 0 unspecified atom stereocenters. The fourth-order valence-corrected chi connectivity index (χ4v) is 1.34. The van der Waals surface area contributed by atoms with Crippen molar-refractivity contribution >= 4 is 11.6 Å². The molecule has 64 valence electrons. The zero-order valence-electron chi connectivity index (χ0n) is 7.28. The van der Waals surface area contributed by atoms with E-state index in [-0.39, 0.29) is 0 Å². The van der Waals surface area contributed by atoms with Gasteiger partial charge >= 0.3 is 0 Å². The molecule has 0 radical (unpaired) electrons. The predicted octanol–water partition coefficient (Wildman–Crippen LogP) is 2.31. The van der Waals surface area contributed by atoms with Gasteiger partial charge in [-0.3, -0.25) is 0 Å². The van der Waals surface area contributed by atoms with Crippen LogP contribution in [-0.2, 0) is 0 Å². The van der Waals surface area contributed by atoms with Gasteiger partial charge in [-0.25, -0.2) is 0 Å². The highest BCUT2D eigenvalue weighted by Crippen LogP contribution is 2.36. The second-order valence-electron chi connectivity index (χ2n) is 3.58. The summed E-state index contributed by atoms with van der Waals surface area (Å²) in [5.41, 5.74) is 1.66. The smallest absolute Gasteiger partial charge is 0.0406 e. The van der Waals surface area contributed by atoms with Gasteiger partial charge in [-0.15, -0.1) is 11.6 Å². The van der Waals surface area contributed by atoms with E-state index in [1.807, 2.05) is 0 Å². The third kappa shape index (κ3) is 2.84. The van der Waals surface area contributed by atoms with Crippen molar-refractivity contribution in [1.29, 1.82) is 0 Å². The lowest BCUT2D eigenvalue weighted by Gasteiger charge is -2.11. The van der Waals surface area contributed by atoms with Gasteiger partial charge in [-0.2, -0.15) is 0 Å². The Hall–Kier alpha value is -0.0100. The lowest BCUT2D eigenvalue weighted by atomic mass is 10.3. The van der Waals surface area contributed by atoms with E-state index >= 15 is 0 Å². The van der Waals surface area contributed by atoms with Crippen LogP contribution >= 0.6 is 11.6 Å². The summed E-state index contributed by atoms with van der Waals surface area (Å²) in [5, 5.41) is 3.44. The molecular weight excluding hydrogens is 158 g/mol. The molecule has 0 aliphatic heterocycles. The van der Waals surface area contributed by atoms with Gasteiger partial charge in [0.25, 0.3) is 0 Å². The number of nitrogens with one attached hydrogen (secondary N) is 1. The predicted molar refractivity (Wildman–Crippen MR) is 50.1 cm³/mol. The fourth-order valence-electron chi connectivity index (χ4n) is 0.980. The number of alkyl halides is 1. The van der Waals surface area contributed by atoms with E-state index in [4.69, 9.17) is 11.6 Å². The van der Waals surface area contributed by atoms with Crippen LogP contribution in [0.1, 0.15) is 26.7 Å². The molecule has 0 spiro atoms. The molecule has 0 saturated heterocycles. The second kappa shape index (κ2) is 3.59. The van der Waals surface area contributed by atoms with Crippen molar-refractivity contribution in [2.45, 2.75) is 32.2 Å². The minimum Gasteiger partial charge on any atom is -0.307 e. The van der Waals surface area contributed by atoms with Crippen LogP contribution in [0.15, 0.2) is 11.6 Å².